The average Bonchev–Trinajstić information content (AvgIpc) is 2.85. The van der Waals surface area contributed by atoms with Gasteiger partial charge in [-0.05, 0) is 24.3 Å². The van der Waals surface area contributed by atoms with Crippen molar-refractivity contribution in [3.8, 4) is 12.1 Å². The number of hydrogen-bond donors (Lipinski definition) is 1. The van der Waals surface area contributed by atoms with Crippen LogP contribution in [0.25, 0.3) is 0 Å². The maximum atomic E-state index is 11.4. The third-order valence-electron chi connectivity index (χ3n) is 5.23. The van der Waals surface area contributed by atoms with E-state index in [1.807, 2.05) is 23.1 Å². The highest BCUT2D eigenvalue weighted by molar-refractivity contribution is 7.88. The van der Waals surface area contributed by atoms with Crippen molar-refractivity contribution in [2.24, 2.45) is 0 Å². The Morgan fingerprint density at radius 2 is 1.28 bits per heavy atom. The molecule has 0 radical (unpaired) electrons. The molecule has 0 aromatic carbocycles. The summed E-state index contributed by atoms with van der Waals surface area (Å²) < 4.78 is 24.2. The predicted octanol–water partition coefficient (Wildman–Crippen LogP) is 0.398. The molecule has 2 aromatic rings. The minimum atomic E-state index is -3.10. The summed E-state index contributed by atoms with van der Waals surface area (Å²) in [5.41, 5.74) is 1.14. The second-order valence-electron chi connectivity index (χ2n) is 7.42. The molecule has 2 aliphatic heterocycles. The van der Waals surface area contributed by atoms with Crippen LogP contribution in [0.4, 0.5) is 11.6 Å². The predicted molar refractivity (Wildman–Crippen MR) is 122 cm³/mol. The molecule has 2 aromatic heterocycles. The summed E-state index contributed by atoms with van der Waals surface area (Å²) in [5, 5.41) is 20.6. The van der Waals surface area contributed by atoms with E-state index in [1.54, 1.807) is 18.3 Å². The Hall–Kier alpha value is -3.25. The van der Waals surface area contributed by atoms with E-state index in [1.165, 1.54) is 16.8 Å². The molecule has 0 spiro atoms. The first kappa shape index (κ1) is 23.4. The van der Waals surface area contributed by atoms with E-state index in [-0.39, 0.29) is 0 Å². The van der Waals surface area contributed by atoms with E-state index in [4.69, 9.17) is 10.5 Å². The molecule has 4 heterocycles. The number of rotatable bonds is 3. The van der Waals surface area contributed by atoms with Crippen molar-refractivity contribution in [2.75, 3.05) is 68.4 Å². The maximum absolute atomic E-state index is 11.4. The van der Waals surface area contributed by atoms with Gasteiger partial charge in [-0.15, -0.1) is 0 Å². The zero-order valence-corrected chi connectivity index (χ0v) is 18.8. The van der Waals surface area contributed by atoms with Crippen LogP contribution in [0, 0.1) is 22.7 Å². The Balaban J connectivity index is 0.000000186. The second-order valence-corrected chi connectivity index (χ2v) is 9.40. The number of nitrogens with zero attached hydrogens (tertiary/aromatic N) is 7. The van der Waals surface area contributed by atoms with Gasteiger partial charge in [0.25, 0.3) is 0 Å². The lowest BCUT2D eigenvalue weighted by Gasteiger charge is -2.33. The molecule has 0 atom stereocenters. The van der Waals surface area contributed by atoms with E-state index in [0.29, 0.717) is 37.3 Å². The number of anilines is 2. The van der Waals surface area contributed by atoms with Crippen molar-refractivity contribution in [1.82, 2.24) is 19.6 Å². The molecule has 2 fully saturated rings. The summed E-state index contributed by atoms with van der Waals surface area (Å²) in [6, 6.07) is 11.3. The molecular weight excluding hydrogens is 428 g/mol. The normalized spacial score (nSPS) is 17.0. The molecule has 168 valence electrons. The van der Waals surface area contributed by atoms with E-state index >= 15 is 0 Å². The van der Waals surface area contributed by atoms with Crippen LogP contribution in [-0.4, -0.2) is 81.3 Å². The monoisotopic (exact) mass is 454 g/mol. The third-order valence-corrected chi connectivity index (χ3v) is 6.53. The zero-order chi connectivity index (χ0) is 23.0. The van der Waals surface area contributed by atoms with Gasteiger partial charge in [0.15, 0.2) is 0 Å². The molecule has 0 saturated carbocycles. The highest BCUT2D eigenvalue weighted by atomic mass is 32.2. The first-order valence-electron chi connectivity index (χ1n) is 10.3. The molecule has 0 amide bonds. The highest BCUT2D eigenvalue weighted by Crippen LogP contribution is 2.15. The van der Waals surface area contributed by atoms with Gasteiger partial charge in [0.05, 0.1) is 17.4 Å². The molecule has 2 saturated heterocycles. The largest absolute Gasteiger partial charge is 0.354 e. The molecule has 4 rings (SSSR count). The molecule has 11 heteroatoms. The van der Waals surface area contributed by atoms with Crippen LogP contribution in [0.2, 0.25) is 0 Å². The fourth-order valence-corrected chi connectivity index (χ4v) is 4.25. The zero-order valence-electron chi connectivity index (χ0n) is 18.0. The van der Waals surface area contributed by atoms with Gasteiger partial charge in [-0.2, -0.15) is 14.8 Å². The van der Waals surface area contributed by atoms with Crippen LogP contribution in [0.3, 0.4) is 0 Å². The van der Waals surface area contributed by atoms with E-state index in [0.717, 1.165) is 37.8 Å². The molecule has 1 N–H and O–H groups in total. The Morgan fingerprint density at radius 1 is 0.812 bits per heavy atom. The summed E-state index contributed by atoms with van der Waals surface area (Å²) in [6.07, 6.45) is 4.37. The smallest absolute Gasteiger partial charge is 0.211 e. The number of nitrogens with one attached hydrogen (secondary N) is 1. The standard InChI is InChI=1S/C11H14N4O2S.C10H12N4/c1-18(16,17)15-6-4-14(5-7-15)11-3-2-10(8-12)9-13-11;11-7-9-1-2-10(13-8-9)14-5-3-12-4-6-14/h2-3,9H,4-7H2,1H3;1-2,8,12H,3-6H2. The number of aromatic nitrogens is 2. The minimum absolute atomic E-state index is 0.473. The van der Waals surface area contributed by atoms with Gasteiger partial charge < -0.3 is 15.1 Å². The molecule has 10 nitrogen and oxygen atoms in total. The van der Waals surface area contributed by atoms with Gasteiger partial charge in [0.2, 0.25) is 10.0 Å². The Bertz CT molecular complexity index is 1060. The number of piperazine rings is 2. The van der Waals surface area contributed by atoms with E-state index in [2.05, 4.69) is 26.3 Å². The number of nitriles is 2. The molecule has 0 unspecified atom stereocenters. The van der Waals surface area contributed by atoms with Crippen molar-refractivity contribution in [2.45, 2.75) is 0 Å². The van der Waals surface area contributed by atoms with Crippen molar-refractivity contribution in [1.29, 1.82) is 10.5 Å². The number of pyridine rings is 2. The first-order valence-corrected chi connectivity index (χ1v) is 12.1. The Morgan fingerprint density at radius 3 is 1.66 bits per heavy atom. The van der Waals surface area contributed by atoms with Crippen LogP contribution < -0.4 is 15.1 Å². The summed E-state index contributed by atoms with van der Waals surface area (Å²) in [5.74, 6) is 1.74. The van der Waals surface area contributed by atoms with Crippen LogP contribution in [0.5, 0.6) is 0 Å². The van der Waals surface area contributed by atoms with Crippen molar-refractivity contribution < 1.29 is 8.42 Å². The van der Waals surface area contributed by atoms with Crippen molar-refractivity contribution >= 4 is 21.7 Å². The summed E-state index contributed by atoms with van der Waals surface area (Å²) in [7, 11) is -3.10. The SMILES string of the molecule is CS(=O)(=O)N1CCN(c2ccc(C#N)cn2)CC1.N#Cc1ccc(N2CCNCC2)nc1. The third kappa shape index (κ3) is 6.37. The van der Waals surface area contributed by atoms with E-state index in [9.17, 15) is 8.42 Å². The van der Waals surface area contributed by atoms with Gasteiger partial charge in [-0.1, -0.05) is 0 Å². The van der Waals surface area contributed by atoms with Gasteiger partial charge in [0.1, 0.15) is 23.8 Å². The van der Waals surface area contributed by atoms with Gasteiger partial charge in [0, 0.05) is 64.8 Å². The lowest BCUT2D eigenvalue weighted by molar-refractivity contribution is 0.387. The van der Waals surface area contributed by atoms with Crippen molar-refractivity contribution in [3.63, 3.8) is 0 Å². The Kier molecular flexibility index (Phi) is 7.95. The molecular formula is C21H26N8O2S. The highest BCUT2D eigenvalue weighted by Gasteiger charge is 2.23. The summed E-state index contributed by atoms with van der Waals surface area (Å²) in [4.78, 5) is 12.7. The van der Waals surface area contributed by atoms with Crippen LogP contribution >= 0.6 is 0 Å². The maximum Gasteiger partial charge on any atom is 0.211 e. The number of sulfonamides is 1. The topological polar surface area (TPSA) is 129 Å². The second kappa shape index (κ2) is 10.9. The average molecular weight is 455 g/mol. The van der Waals surface area contributed by atoms with Crippen molar-refractivity contribution in [3.05, 3.63) is 47.8 Å². The fourth-order valence-electron chi connectivity index (χ4n) is 3.42. The molecule has 2 aliphatic rings. The lowest BCUT2D eigenvalue weighted by Crippen LogP contribution is -2.48. The van der Waals surface area contributed by atoms with Crippen LogP contribution in [-0.2, 0) is 10.0 Å². The number of hydrogen-bond acceptors (Lipinski definition) is 9. The van der Waals surface area contributed by atoms with Gasteiger partial charge >= 0.3 is 0 Å². The molecule has 0 aliphatic carbocycles. The van der Waals surface area contributed by atoms with Crippen LogP contribution in [0.15, 0.2) is 36.7 Å². The fraction of sp³-hybridized carbons (Fsp3) is 0.429. The quantitative estimate of drug-likeness (QED) is 0.700. The molecule has 0 bridgehead atoms. The van der Waals surface area contributed by atoms with Crippen LogP contribution in [0.1, 0.15) is 11.1 Å². The summed E-state index contributed by atoms with van der Waals surface area (Å²) >= 11 is 0. The van der Waals surface area contributed by atoms with Gasteiger partial charge in [-0.25, -0.2) is 18.4 Å². The Labute approximate surface area is 188 Å². The summed E-state index contributed by atoms with van der Waals surface area (Å²) in [6.45, 7) is 6.15. The lowest BCUT2D eigenvalue weighted by atomic mass is 10.3. The minimum Gasteiger partial charge on any atom is -0.354 e. The first-order chi connectivity index (χ1) is 15.4. The van der Waals surface area contributed by atoms with Gasteiger partial charge in [-0.3, -0.25) is 0 Å². The van der Waals surface area contributed by atoms with E-state index < -0.39 is 10.0 Å². The molecule has 32 heavy (non-hydrogen) atoms.